The van der Waals surface area contributed by atoms with Crippen molar-refractivity contribution in [2.24, 2.45) is 11.0 Å². The van der Waals surface area contributed by atoms with Crippen LogP contribution in [0.3, 0.4) is 0 Å². The van der Waals surface area contributed by atoms with Crippen LogP contribution in [-0.2, 0) is 4.79 Å². The van der Waals surface area contributed by atoms with Crippen molar-refractivity contribution in [3.63, 3.8) is 0 Å². The molecule has 1 aliphatic heterocycles. The molecule has 0 fully saturated rings. The van der Waals surface area contributed by atoms with E-state index in [1.807, 2.05) is 25.3 Å². The van der Waals surface area contributed by atoms with E-state index in [4.69, 9.17) is 0 Å². The maximum atomic E-state index is 11.0. The number of aromatic nitrogens is 1. The molecule has 13 heavy (non-hydrogen) atoms. The Morgan fingerprint density at radius 3 is 3.08 bits per heavy atom. The van der Waals surface area contributed by atoms with Crippen molar-refractivity contribution in [2.75, 3.05) is 0 Å². The molecule has 0 bridgehead atoms. The van der Waals surface area contributed by atoms with E-state index < -0.39 is 0 Å². The van der Waals surface area contributed by atoms with Crippen molar-refractivity contribution >= 4 is 11.6 Å². The molecule has 0 radical (unpaired) electrons. The normalized spacial score (nSPS) is 22.4. The predicted octanol–water partition coefficient (Wildman–Crippen LogP) is 0.875. The first-order chi connectivity index (χ1) is 6.27. The number of carbonyl (C=O) groups excluding carboxylic acids is 1. The van der Waals surface area contributed by atoms with Crippen LogP contribution < -0.4 is 5.43 Å². The summed E-state index contributed by atoms with van der Waals surface area (Å²) in [5, 5.41) is 4.02. The average molecular weight is 177 g/mol. The zero-order valence-electron chi connectivity index (χ0n) is 7.37. The Morgan fingerprint density at radius 2 is 2.46 bits per heavy atom. The van der Waals surface area contributed by atoms with E-state index in [9.17, 15) is 4.79 Å². The van der Waals surface area contributed by atoms with Gasteiger partial charge in [0.25, 0.3) is 0 Å². The molecule has 2 heterocycles. The van der Waals surface area contributed by atoms with Crippen LogP contribution in [0.2, 0.25) is 0 Å². The molecule has 2 N–H and O–H groups in total. The van der Waals surface area contributed by atoms with Gasteiger partial charge in [0, 0.05) is 18.5 Å². The van der Waals surface area contributed by atoms with Gasteiger partial charge in [0.05, 0.1) is 11.4 Å². The molecule has 1 aliphatic rings. The van der Waals surface area contributed by atoms with Crippen molar-refractivity contribution in [3.8, 4) is 0 Å². The van der Waals surface area contributed by atoms with Crippen LogP contribution in [0.5, 0.6) is 0 Å². The zero-order chi connectivity index (χ0) is 9.26. The van der Waals surface area contributed by atoms with Crippen LogP contribution in [-0.4, -0.2) is 16.6 Å². The lowest BCUT2D eigenvalue weighted by Crippen LogP contribution is -2.32. The number of hydrogen-bond donors (Lipinski definition) is 2. The Balaban J connectivity index is 2.29. The van der Waals surface area contributed by atoms with E-state index in [1.54, 1.807) is 0 Å². The molecule has 68 valence electrons. The number of amides is 1. The number of nitrogens with one attached hydrogen (secondary N) is 2. The Bertz CT molecular complexity index is 340. The van der Waals surface area contributed by atoms with Gasteiger partial charge < -0.3 is 4.98 Å². The van der Waals surface area contributed by atoms with Gasteiger partial charge in [0.15, 0.2) is 0 Å². The second kappa shape index (κ2) is 3.05. The number of carbonyl (C=O) groups is 1. The summed E-state index contributed by atoms with van der Waals surface area (Å²) in [6.45, 7) is 2.00. The first kappa shape index (κ1) is 8.04. The second-order valence-electron chi connectivity index (χ2n) is 3.22. The number of aromatic amines is 1. The van der Waals surface area contributed by atoms with Crippen LogP contribution in [0.4, 0.5) is 0 Å². The fourth-order valence-electron chi connectivity index (χ4n) is 1.47. The van der Waals surface area contributed by atoms with Crippen LogP contribution in [0.1, 0.15) is 19.0 Å². The fraction of sp³-hybridized carbons (Fsp3) is 0.333. The van der Waals surface area contributed by atoms with Gasteiger partial charge in [-0.15, -0.1) is 0 Å². The maximum absolute atomic E-state index is 11.0. The third kappa shape index (κ3) is 1.47. The first-order valence-electron chi connectivity index (χ1n) is 4.27. The van der Waals surface area contributed by atoms with Crippen molar-refractivity contribution in [1.82, 2.24) is 10.4 Å². The zero-order valence-corrected chi connectivity index (χ0v) is 7.37. The van der Waals surface area contributed by atoms with Crippen LogP contribution >= 0.6 is 0 Å². The highest BCUT2D eigenvalue weighted by Gasteiger charge is 2.21. The van der Waals surface area contributed by atoms with Gasteiger partial charge in [0.2, 0.25) is 5.91 Å². The standard InChI is InChI=1S/C9H11N3O/c1-6-5-8(13)11-12-9(6)7-3-2-4-10-7/h2-4,6,10H,5H2,1H3,(H,11,13). The van der Waals surface area contributed by atoms with Gasteiger partial charge in [-0.2, -0.15) is 5.10 Å². The molecular formula is C9H11N3O. The minimum absolute atomic E-state index is 0.0113. The Hall–Kier alpha value is -1.58. The van der Waals surface area contributed by atoms with E-state index >= 15 is 0 Å². The SMILES string of the molecule is CC1CC(=O)NN=C1c1ccc[nH]1. The first-order valence-corrected chi connectivity index (χ1v) is 4.27. The van der Waals surface area contributed by atoms with E-state index in [2.05, 4.69) is 15.5 Å². The van der Waals surface area contributed by atoms with Crippen LogP contribution in [0.25, 0.3) is 0 Å². The lowest BCUT2D eigenvalue weighted by atomic mass is 9.98. The summed E-state index contributed by atoms with van der Waals surface area (Å²) in [5.41, 5.74) is 4.38. The molecule has 0 spiro atoms. The van der Waals surface area contributed by atoms with Crippen molar-refractivity contribution < 1.29 is 4.79 Å². The summed E-state index contributed by atoms with van der Waals surface area (Å²) < 4.78 is 0. The highest BCUT2D eigenvalue weighted by molar-refractivity contribution is 6.04. The quantitative estimate of drug-likeness (QED) is 0.657. The number of nitrogens with zero attached hydrogens (tertiary/aromatic N) is 1. The molecule has 0 aromatic carbocycles. The molecule has 0 saturated heterocycles. The molecule has 1 aromatic heterocycles. The molecule has 0 aliphatic carbocycles. The van der Waals surface area contributed by atoms with E-state index in [0.29, 0.717) is 6.42 Å². The van der Waals surface area contributed by atoms with Gasteiger partial charge in [-0.25, -0.2) is 5.43 Å². The summed E-state index contributed by atoms with van der Waals surface area (Å²) in [5.74, 6) is 0.176. The molecule has 1 amide bonds. The smallest absolute Gasteiger partial charge is 0.240 e. The topological polar surface area (TPSA) is 57.2 Å². The predicted molar refractivity (Wildman–Crippen MR) is 49.3 cm³/mol. The molecule has 1 atom stereocenters. The molecule has 4 heteroatoms. The monoisotopic (exact) mass is 177 g/mol. The lowest BCUT2D eigenvalue weighted by Gasteiger charge is -2.17. The maximum Gasteiger partial charge on any atom is 0.240 e. The molecule has 1 aromatic rings. The fourth-order valence-corrected chi connectivity index (χ4v) is 1.47. The number of rotatable bonds is 1. The largest absolute Gasteiger partial charge is 0.360 e. The molecule has 1 unspecified atom stereocenters. The summed E-state index contributed by atoms with van der Waals surface area (Å²) in [7, 11) is 0. The van der Waals surface area contributed by atoms with Gasteiger partial charge in [-0.05, 0) is 12.1 Å². The lowest BCUT2D eigenvalue weighted by molar-refractivity contribution is -0.121. The summed E-state index contributed by atoms with van der Waals surface area (Å²) in [6.07, 6.45) is 2.36. The Morgan fingerprint density at radius 1 is 1.62 bits per heavy atom. The van der Waals surface area contributed by atoms with Gasteiger partial charge in [-0.1, -0.05) is 6.92 Å². The molecule has 0 saturated carbocycles. The molecular weight excluding hydrogens is 166 g/mol. The van der Waals surface area contributed by atoms with Gasteiger partial charge in [-0.3, -0.25) is 4.79 Å². The highest BCUT2D eigenvalue weighted by atomic mass is 16.2. The van der Waals surface area contributed by atoms with Crippen molar-refractivity contribution in [3.05, 3.63) is 24.0 Å². The van der Waals surface area contributed by atoms with E-state index in [0.717, 1.165) is 11.4 Å². The van der Waals surface area contributed by atoms with Gasteiger partial charge in [0.1, 0.15) is 0 Å². The van der Waals surface area contributed by atoms with Crippen molar-refractivity contribution in [1.29, 1.82) is 0 Å². The Kier molecular flexibility index (Phi) is 1.88. The minimum atomic E-state index is -0.0113. The summed E-state index contributed by atoms with van der Waals surface area (Å²) in [4.78, 5) is 14.0. The third-order valence-electron chi connectivity index (χ3n) is 2.13. The minimum Gasteiger partial charge on any atom is -0.360 e. The van der Waals surface area contributed by atoms with Crippen molar-refractivity contribution in [2.45, 2.75) is 13.3 Å². The number of hydrazone groups is 1. The molecule has 2 rings (SSSR count). The molecule has 4 nitrogen and oxygen atoms in total. The van der Waals surface area contributed by atoms with E-state index in [-0.39, 0.29) is 11.8 Å². The summed E-state index contributed by atoms with van der Waals surface area (Å²) >= 11 is 0. The van der Waals surface area contributed by atoms with E-state index in [1.165, 1.54) is 0 Å². The highest BCUT2D eigenvalue weighted by Crippen LogP contribution is 2.14. The third-order valence-corrected chi connectivity index (χ3v) is 2.13. The number of hydrogen-bond acceptors (Lipinski definition) is 2. The van der Waals surface area contributed by atoms with Crippen LogP contribution in [0, 0.1) is 5.92 Å². The van der Waals surface area contributed by atoms with Crippen LogP contribution in [0.15, 0.2) is 23.4 Å². The average Bonchev–Trinajstić information content (AvgIpc) is 2.56. The summed E-state index contributed by atoms with van der Waals surface area (Å²) in [6, 6.07) is 3.87. The number of H-pyrrole nitrogens is 1. The second-order valence-corrected chi connectivity index (χ2v) is 3.22. The Labute approximate surface area is 76.0 Å². The van der Waals surface area contributed by atoms with Gasteiger partial charge >= 0.3 is 0 Å².